The maximum Gasteiger partial charge on any atom is 0.418 e. The second-order valence-electron chi connectivity index (χ2n) is 6.52. The first-order chi connectivity index (χ1) is 14.1. The Morgan fingerprint density at radius 1 is 1.10 bits per heavy atom. The molecule has 1 aromatic heterocycles. The number of halogens is 3. The number of carbonyl (C=O) groups excluding carboxylic acids is 2. The van der Waals surface area contributed by atoms with E-state index in [1.165, 1.54) is 13.0 Å². The standard InChI is InChI=1S/C20H17F3N4O3/c1-11(28)24-12-6-7-16(14(10-12)20(21,22)23)26-18(29)9-8-17-25-15-5-3-2-4-13(15)19(30)27-17/h2-7,10H,8-9H2,1H3,(H,24,28)(H,26,29)(H,25,27,30). The molecular weight excluding hydrogens is 401 g/mol. The molecule has 0 aliphatic rings. The van der Waals surface area contributed by atoms with Crippen molar-refractivity contribution in [2.45, 2.75) is 25.9 Å². The van der Waals surface area contributed by atoms with E-state index in [2.05, 4.69) is 20.6 Å². The lowest BCUT2D eigenvalue weighted by Crippen LogP contribution is -2.19. The van der Waals surface area contributed by atoms with Crippen LogP contribution in [0, 0.1) is 0 Å². The smallest absolute Gasteiger partial charge is 0.326 e. The zero-order chi connectivity index (χ0) is 21.9. The van der Waals surface area contributed by atoms with Gasteiger partial charge in [-0.3, -0.25) is 14.4 Å². The van der Waals surface area contributed by atoms with Gasteiger partial charge in [-0.25, -0.2) is 4.98 Å². The first-order valence-corrected chi connectivity index (χ1v) is 8.90. The van der Waals surface area contributed by atoms with Crippen molar-refractivity contribution in [1.29, 1.82) is 0 Å². The Hall–Kier alpha value is -3.69. The third-order valence-corrected chi connectivity index (χ3v) is 4.17. The molecule has 0 radical (unpaired) electrons. The van der Waals surface area contributed by atoms with Gasteiger partial charge in [0.2, 0.25) is 11.8 Å². The van der Waals surface area contributed by atoms with Crippen molar-refractivity contribution in [2.24, 2.45) is 0 Å². The Morgan fingerprint density at radius 2 is 1.83 bits per heavy atom. The third kappa shape index (κ3) is 5.02. The average Bonchev–Trinajstić information content (AvgIpc) is 2.66. The highest BCUT2D eigenvalue weighted by Gasteiger charge is 2.34. The van der Waals surface area contributed by atoms with E-state index >= 15 is 0 Å². The van der Waals surface area contributed by atoms with E-state index in [0.717, 1.165) is 12.1 Å². The second kappa shape index (κ2) is 8.36. The number of alkyl halides is 3. The first kappa shape index (κ1) is 21.0. The number of aryl methyl sites for hydroxylation is 1. The van der Waals surface area contributed by atoms with Gasteiger partial charge in [0.25, 0.3) is 5.56 Å². The molecule has 2 aromatic carbocycles. The number of hydrogen-bond acceptors (Lipinski definition) is 4. The number of aromatic nitrogens is 2. The minimum atomic E-state index is -4.73. The van der Waals surface area contributed by atoms with E-state index in [4.69, 9.17) is 0 Å². The molecule has 0 bridgehead atoms. The first-order valence-electron chi connectivity index (χ1n) is 8.90. The number of nitrogens with zero attached hydrogens (tertiary/aromatic N) is 1. The molecule has 10 heteroatoms. The van der Waals surface area contributed by atoms with Crippen molar-refractivity contribution in [3.8, 4) is 0 Å². The molecule has 0 fully saturated rings. The Labute approximate surface area is 168 Å². The number of benzene rings is 2. The fraction of sp³-hybridized carbons (Fsp3) is 0.200. The summed E-state index contributed by atoms with van der Waals surface area (Å²) in [7, 11) is 0. The molecule has 2 amide bonds. The summed E-state index contributed by atoms with van der Waals surface area (Å²) in [6.45, 7) is 1.17. The quantitative estimate of drug-likeness (QED) is 0.590. The number of fused-ring (bicyclic) bond motifs is 1. The lowest BCUT2D eigenvalue weighted by molar-refractivity contribution is -0.137. The molecule has 7 nitrogen and oxygen atoms in total. The summed E-state index contributed by atoms with van der Waals surface area (Å²) in [4.78, 5) is 42.1. The SMILES string of the molecule is CC(=O)Nc1ccc(NC(=O)CCc2nc3ccccc3c(=O)[nH]2)c(C(F)(F)F)c1. The van der Waals surface area contributed by atoms with Crippen molar-refractivity contribution in [3.63, 3.8) is 0 Å². The predicted molar refractivity (Wildman–Crippen MR) is 105 cm³/mol. The van der Waals surface area contributed by atoms with Crippen molar-refractivity contribution >= 4 is 34.1 Å². The number of H-pyrrole nitrogens is 1. The summed E-state index contributed by atoms with van der Waals surface area (Å²) < 4.78 is 40.0. The average molecular weight is 418 g/mol. The fourth-order valence-electron chi connectivity index (χ4n) is 2.87. The zero-order valence-electron chi connectivity index (χ0n) is 15.8. The lowest BCUT2D eigenvalue weighted by atomic mass is 10.1. The molecule has 30 heavy (non-hydrogen) atoms. The number of carbonyl (C=O) groups is 2. The highest BCUT2D eigenvalue weighted by atomic mass is 19.4. The molecule has 3 aromatic rings. The minimum Gasteiger partial charge on any atom is -0.326 e. The molecule has 0 atom stereocenters. The van der Waals surface area contributed by atoms with Crippen molar-refractivity contribution < 1.29 is 22.8 Å². The van der Waals surface area contributed by atoms with Crippen LogP contribution in [0.5, 0.6) is 0 Å². The molecule has 3 rings (SSSR count). The van der Waals surface area contributed by atoms with Crippen LogP contribution in [0.4, 0.5) is 24.5 Å². The molecule has 0 spiro atoms. The molecular formula is C20H17F3N4O3. The van der Waals surface area contributed by atoms with Gasteiger partial charge in [-0.15, -0.1) is 0 Å². The van der Waals surface area contributed by atoms with Gasteiger partial charge < -0.3 is 15.6 Å². The van der Waals surface area contributed by atoms with Gasteiger partial charge in [-0.1, -0.05) is 12.1 Å². The number of para-hydroxylation sites is 1. The topological polar surface area (TPSA) is 104 Å². The fourth-order valence-corrected chi connectivity index (χ4v) is 2.87. The maximum atomic E-state index is 13.3. The molecule has 0 aliphatic carbocycles. The molecule has 0 saturated heterocycles. The van der Waals surface area contributed by atoms with Crippen molar-refractivity contribution in [2.75, 3.05) is 10.6 Å². The van der Waals surface area contributed by atoms with Crippen LogP contribution in [0.25, 0.3) is 10.9 Å². The summed E-state index contributed by atoms with van der Waals surface area (Å²) in [5.74, 6) is -0.939. The highest BCUT2D eigenvalue weighted by molar-refractivity contribution is 5.93. The van der Waals surface area contributed by atoms with Crippen LogP contribution in [0.1, 0.15) is 24.7 Å². The summed E-state index contributed by atoms with van der Waals surface area (Å²) in [5, 5.41) is 4.90. The van der Waals surface area contributed by atoms with Gasteiger partial charge >= 0.3 is 6.18 Å². The molecule has 0 aliphatic heterocycles. The van der Waals surface area contributed by atoms with Gasteiger partial charge in [0.1, 0.15) is 5.82 Å². The minimum absolute atomic E-state index is 0.0363. The van der Waals surface area contributed by atoms with E-state index in [0.29, 0.717) is 10.9 Å². The Morgan fingerprint density at radius 3 is 2.53 bits per heavy atom. The maximum absolute atomic E-state index is 13.3. The Bertz CT molecular complexity index is 1170. The molecule has 0 saturated carbocycles. The van der Waals surface area contributed by atoms with Crippen LogP contribution in [0.2, 0.25) is 0 Å². The Kier molecular flexibility index (Phi) is 5.86. The van der Waals surface area contributed by atoms with Gasteiger partial charge in [0, 0.05) is 25.5 Å². The molecule has 0 unspecified atom stereocenters. The third-order valence-electron chi connectivity index (χ3n) is 4.17. The number of rotatable bonds is 5. The van der Waals surface area contributed by atoms with Crippen LogP contribution < -0.4 is 16.2 Å². The molecule has 156 valence electrons. The normalized spacial score (nSPS) is 11.3. The number of amides is 2. The van der Waals surface area contributed by atoms with Gasteiger partial charge in [0.05, 0.1) is 22.2 Å². The van der Waals surface area contributed by atoms with Crippen molar-refractivity contribution in [1.82, 2.24) is 9.97 Å². The van der Waals surface area contributed by atoms with Crippen LogP contribution in [-0.4, -0.2) is 21.8 Å². The van der Waals surface area contributed by atoms with E-state index in [1.54, 1.807) is 24.3 Å². The largest absolute Gasteiger partial charge is 0.418 e. The number of nitrogens with one attached hydrogen (secondary N) is 3. The van der Waals surface area contributed by atoms with Crippen LogP contribution in [0.15, 0.2) is 47.3 Å². The molecule has 3 N–H and O–H groups in total. The number of hydrogen-bond donors (Lipinski definition) is 3. The van der Waals surface area contributed by atoms with Crippen LogP contribution in [-0.2, 0) is 22.2 Å². The van der Waals surface area contributed by atoms with Crippen LogP contribution in [0.3, 0.4) is 0 Å². The zero-order valence-corrected chi connectivity index (χ0v) is 15.8. The summed E-state index contributed by atoms with van der Waals surface area (Å²) in [6.07, 6.45) is -4.88. The van der Waals surface area contributed by atoms with Gasteiger partial charge in [0.15, 0.2) is 0 Å². The summed E-state index contributed by atoms with van der Waals surface area (Å²) >= 11 is 0. The Balaban J connectivity index is 1.74. The lowest BCUT2D eigenvalue weighted by Gasteiger charge is -2.15. The highest BCUT2D eigenvalue weighted by Crippen LogP contribution is 2.36. The number of anilines is 2. The van der Waals surface area contributed by atoms with E-state index in [-0.39, 0.29) is 29.9 Å². The van der Waals surface area contributed by atoms with Gasteiger partial charge in [-0.2, -0.15) is 13.2 Å². The van der Waals surface area contributed by atoms with Crippen molar-refractivity contribution in [3.05, 3.63) is 64.2 Å². The van der Waals surface area contributed by atoms with Crippen LogP contribution >= 0.6 is 0 Å². The molecule has 1 heterocycles. The monoisotopic (exact) mass is 418 g/mol. The summed E-state index contributed by atoms with van der Waals surface area (Å²) in [6, 6.07) is 9.76. The predicted octanol–water partition coefficient (Wildman–Crippen LogP) is 3.47. The summed E-state index contributed by atoms with van der Waals surface area (Å²) in [5.41, 5.74) is -1.44. The van der Waals surface area contributed by atoms with E-state index in [9.17, 15) is 27.6 Å². The van der Waals surface area contributed by atoms with Gasteiger partial charge in [-0.05, 0) is 30.3 Å². The number of aromatic amines is 1. The van der Waals surface area contributed by atoms with E-state index < -0.39 is 29.2 Å². The second-order valence-corrected chi connectivity index (χ2v) is 6.52. The van der Waals surface area contributed by atoms with E-state index in [1.807, 2.05) is 0 Å².